The van der Waals surface area contributed by atoms with E-state index in [1.54, 1.807) is 11.8 Å². The van der Waals surface area contributed by atoms with E-state index >= 15 is 0 Å². The van der Waals surface area contributed by atoms with Gasteiger partial charge in [-0.3, -0.25) is 0 Å². The van der Waals surface area contributed by atoms with Gasteiger partial charge in [-0.15, -0.1) is 0 Å². The number of nitrogens with one attached hydrogen (secondary N) is 1. The van der Waals surface area contributed by atoms with Crippen molar-refractivity contribution in [2.45, 2.75) is 31.7 Å². The standard InChI is InChI=1S/C13H22N2O3S/c1-19-7-3-6-14-13(18)15-8-9-4-2-5-10(9)11(15)12(16)17/h9-11H,2-8H2,1H3,(H,14,18)(H,16,17). The van der Waals surface area contributed by atoms with Crippen LogP contribution in [0.5, 0.6) is 0 Å². The summed E-state index contributed by atoms with van der Waals surface area (Å²) in [6.45, 7) is 1.23. The van der Waals surface area contributed by atoms with Gasteiger partial charge >= 0.3 is 12.0 Å². The van der Waals surface area contributed by atoms with Crippen LogP contribution in [0.4, 0.5) is 4.79 Å². The second-order valence-corrected chi connectivity index (χ2v) is 6.35. The fraction of sp³-hybridized carbons (Fsp3) is 0.846. The Morgan fingerprint density at radius 1 is 1.42 bits per heavy atom. The van der Waals surface area contributed by atoms with E-state index < -0.39 is 12.0 Å². The normalized spacial score (nSPS) is 29.3. The second-order valence-electron chi connectivity index (χ2n) is 5.37. The van der Waals surface area contributed by atoms with E-state index in [2.05, 4.69) is 5.32 Å². The fourth-order valence-corrected chi connectivity index (χ4v) is 3.78. The van der Waals surface area contributed by atoms with Crippen molar-refractivity contribution in [1.29, 1.82) is 0 Å². The number of urea groups is 1. The van der Waals surface area contributed by atoms with Crippen LogP contribution < -0.4 is 5.32 Å². The van der Waals surface area contributed by atoms with Crippen LogP contribution in [-0.4, -0.2) is 53.1 Å². The number of carbonyl (C=O) groups is 2. The molecule has 0 aromatic carbocycles. The molecular weight excluding hydrogens is 264 g/mol. The molecule has 1 saturated carbocycles. The van der Waals surface area contributed by atoms with Crippen LogP contribution in [0, 0.1) is 11.8 Å². The maximum absolute atomic E-state index is 12.1. The summed E-state index contributed by atoms with van der Waals surface area (Å²) in [6, 6.07) is -0.823. The average Bonchev–Trinajstić information content (AvgIpc) is 2.93. The van der Waals surface area contributed by atoms with Gasteiger partial charge in [0.15, 0.2) is 0 Å². The second kappa shape index (κ2) is 6.50. The van der Waals surface area contributed by atoms with E-state index in [0.717, 1.165) is 31.4 Å². The number of rotatable bonds is 5. The predicted molar refractivity (Wildman–Crippen MR) is 75.4 cm³/mol. The molecule has 2 N–H and O–H groups in total. The van der Waals surface area contributed by atoms with Gasteiger partial charge in [-0.1, -0.05) is 6.42 Å². The minimum atomic E-state index is -0.853. The Labute approximate surface area is 118 Å². The van der Waals surface area contributed by atoms with E-state index in [1.807, 2.05) is 6.26 Å². The minimum Gasteiger partial charge on any atom is -0.480 e. The number of hydrogen-bond donors (Lipinski definition) is 2. The molecule has 0 aromatic heterocycles. The van der Waals surface area contributed by atoms with Gasteiger partial charge in [0.25, 0.3) is 0 Å². The molecule has 1 aliphatic carbocycles. The number of carboxylic acids is 1. The summed E-state index contributed by atoms with van der Waals surface area (Å²) in [7, 11) is 0. The highest BCUT2D eigenvalue weighted by atomic mass is 32.2. The van der Waals surface area contributed by atoms with E-state index in [1.165, 1.54) is 4.90 Å². The molecule has 1 heterocycles. The summed E-state index contributed by atoms with van der Waals surface area (Å²) in [5.41, 5.74) is 0. The highest BCUT2D eigenvalue weighted by Crippen LogP contribution is 2.42. The van der Waals surface area contributed by atoms with E-state index in [4.69, 9.17) is 0 Å². The van der Waals surface area contributed by atoms with E-state index in [9.17, 15) is 14.7 Å². The number of nitrogens with zero attached hydrogens (tertiary/aromatic N) is 1. The van der Waals surface area contributed by atoms with Gasteiger partial charge in [0.1, 0.15) is 6.04 Å². The lowest BCUT2D eigenvalue weighted by Gasteiger charge is -2.24. The van der Waals surface area contributed by atoms with Crippen molar-refractivity contribution in [2.24, 2.45) is 11.8 Å². The molecular formula is C13H22N2O3S. The molecule has 1 aliphatic heterocycles. The number of aliphatic carboxylic acids is 1. The van der Waals surface area contributed by atoms with Gasteiger partial charge in [-0.25, -0.2) is 9.59 Å². The third kappa shape index (κ3) is 3.16. The summed E-state index contributed by atoms with van der Waals surface area (Å²) in [5, 5.41) is 12.2. The van der Waals surface area contributed by atoms with Crippen LogP contribution in [0.15, 0.2) is 0 Å². The Morgan fingerprint density at radius 2 is 2.21 bits per heavy atom. The fourth-order valence-electron chi connectivity index (χ4n) is 3.34. The lowest BCUT2D eigenvalue weighted by atomic mass is 9.94. The van der Waals surface area contributed by atoms with Crippen LogP contribution in [0.3, 0.4) is 0 Å². The first kappa shape index (κ1) is 14.5. The van der Waals surface area contributed by atoms with Crippen LogP contribution in [0.25, 0.3) is 0 Å². The van der Waals surface area contributed by atoms with Crippen molar-refractivity contribution in [3.05, 3.63) is 0 Å². The molecule has 2 fully saturated rings. The molecule has 2 rings (SSSR count). The van der Waals surface area contributed by atoms with Gasteiger partial charge in [0.05, 0.1) is 0 Å². The topological polar surface area (TPSA) is 69.6 Å². The molecule has 0 aromatic rings. The van der Waals surface area contributed by atoms with E-state index in [0.29, 0.717) is 19.0 Å². The van der Waals surface area contributed by atoms with Crippen LogP contribution in [-0.2, 0) is 4.79 Å². The first-order valence-corrected chi connectivity index (χ1v) is 8.30. The van der Waals surface area contributed by atoms with Crippen molar-refractivity contribution in [3.8, 4) is 0 Å². The zero-order chi connectivity index (χ0) is 13.8. The molecule has 5 nitrogen and oxygen atoms in total. The lowest BCUT2D eigenvalue weighted by Crippen LogP contribution is -2.48. The number of carboxylic acid groups (broad SMARTS) is 1. The SMILES string of the molecule is CSCCCNC(=O)N1CC2CCCC2C1C(=O)O. The highest BCUT2D eigenvalue weighted by molar-refractivity contribution is 7.98. The van der Waals surface area contributed by atoms with Crippen LogP contribution in [0.1, 0.15) is 25.7 Å². The molecule has 3 atom stereocenters. The van der Waals surface area contributed by atoms with Gasteiger partial charge in [-0.2, -0.15) is 11.8 Å². The molecule has 2 amide bonds. The van der Waals surface area contributed by atoms with E-state index in [-0.39, 0.29) is 11.9 Å². The molecule has 6 heteroatoms. The lowest BCUT2D eigenvalue weighted by molar-refractivity contribution is -0.142. The Bertz CT molecular complexity index is 351. The first-order chi connectivity index (χ1) is 9.15. The molecule has 19 heavy (non-hydrogen) atoms. The maximum Gasteiger partial charge on any atom is 0.326 e. The summed E-state index contributed by atoms with van der Waals surface area (Å²) in [6.07, 6.45) is 6.06. The number of hydrogen-bond acceptors (Lipinski definition) is 3. The zero-order valence-corrected chi connectivity index (χ0v) is 12.1. The summed E-state index contributed by atoms with van der Waals surface area (Å²) < 4.78 is 0. The third-order valence-electron chi connectivity index (χ3n) is 4.21. The summed E-state index contributed by atoms with van der Waals surface area (Å²) >= 11 is 1.75. The van der Waals surface area contributed by atoms with Crippen molar-refractivity contribution in [1.82, 2.24) is 10.2 Å². The largest absolute Gasteiger partial charge is 0.480 e. The van der Waals surface area contributed by atoms with Crippen molar-refractivity contribution < 1.29 is 14.7 Å². The van der Waals surface area contributed by atoms with Gasteiger partial charge in [0, 0.05) is 13.1 Å². The van der Waals surface area contributed by atoms with Gasteiger partial charge < -0.3 is 15.3 Å². The van der Waals surface area contributed by atoms with Crippen LogP contribution >= 0.6 is 11.8 Å². The van der Waals surface area contributed by atoms with Crippen molar-refractivity contribution >= 4 is 23.8 Å². The Hall–Kier alpha value is -0.910. The molecule has 108 valence electrons. The Balaban J connectivity index is 1.91. The van der Waals surface area contributed by atoms with Gasteiger partial charge in [-0.05, 0) is 43.1 Å². The molecule has 3 unspecified atom stereocenters. The third-order valence-corrected chi connectivity index (χ3v) is 4.90. The number of thioether (sulfide) groups is 1. The number of fused-ring (bicyclic) bond motifs is 1. The average molecular weight is 286 g/mol. The highest BCUT2D eigenvalue weighted by Gasteiger charge is 2.49. The quantitative estimate of drug-likeness (QED) is 0.754. The van der Waals surface area contributed by atoms with Crippen LogP contribution in [0.2, 0.25) is 0 Å². The Kier molecular flexibility index (Phi) is 4.96. The number of carbonyl (C=O) groups excluding carboxylic acids is 1. The molecule has 2 aliphatic rings. The minimum absolute atomic E-state index is 0.162. The number of amides is 2. The van der Waals surface area contributed by atoms with Crippen molar-refractivity contribution in [3.63, 3.8) is 0 Å². The first-order valence-electron chi connectivity index (χ1n) is 6.91. The monoisotopic (exact) mass is 286 g/mol. The molecule has 0 bridgehead atoms. The molecule has 0 spiro atoms. The number of likely N-dealkylation sites (tertiary alicyclic amines) is 1. The predicted octanol–water partition coefficient (Wildman–Crippen LogP) is 1.63. The summed E-state index contributed by atoms with van der Waals surface area (Å²) in [4.78, 5) is 25.0. The van der Waals surface area contributed by atoms with Gasteiger partial charge in [0.2, 0.25) is 0 Å². The maximum atomic E-state index is 12.1. The Morgan fingerprint density at radius 3 is 2.89 bits per heavy atom. The summed E-state index contributed by atoms with van der Waals surface area (Å²) in [5.74, 6) is 0.703. The smallest absolute Gasteiger partial charge is 0.326 e. The molecule has 1 saturated heterocycles. The van der Waals surface area contributed by atoms with Crippen molar-refractivity contribution in [2.75, 3.05) is 25.1 Å². The molecule has 0 radical (unpaired) electrons. The zero-order valence-electron chi connectivity index (χ0n) is 11.3.